The van der Waals surface area contributed by atoms with Gasteiger partial charge < -0.3 is 14.9 Å². The Hall–Kier alpha value is -1.86. The van der Waals surface area contributed by atoms with E-state index in [1.165, 1.54) is 12.2 Å². The third-order valence-corrected chi connectivity index (χ3v) is 9.78. The highest BCUT2D eigenvalue weighted by Gasteiger charge is 2.76. The molecule has 188 valence electrons. The van der Waals surface area contributed by atoms with E-state index in [0.717, 1.165) is 6.42 Å². The van der Waals surface area contributed by atoms with Gasteiger partial charge in [-0.1, -0.05) is 38.8 Å². The molecule has 7 heteroatoms. The van der Waals surface area contributed by atoms with Crippen LogP contribution in [0.1, 0.15) is 72.6 Å². The largest absolute Gasteiger partial charge is 0.459 e. The first-order valence-electron chi connectivity index (χ1n) is 12.6. The Morgan fingerprint density at radius 2 is 1.97 bits per heavy atom. The minimum absolute atomic E-state index is 0.0280. The van der Waals surface area contributed by atoms with Gasteiger partial charge in [-0.2, -0.15) is 0 Å². The van der Waals surface area contributed by atoms with E-state index in [1.807, 2.05) is 6.92 Å². The Morgan fingerprint density at radius 3 is 2.62 bits per heavy atom. The molecule has 2 unspecified atom stereocenters. The van der Waals surface area contributed by atoms with Gasteiger partial charge in [-0.25, -0.2) is 4.39 Å². The Balaban J connectivity index is 1.84. The molecule has 6 nitrogen and oxygen atoms in total. The smallest absolute Gasteiger partial charge is 0.306 e. The molecule has 0 radical (unpaired) electrons. The minimum atomic E-state index is -1.99. The molecule has 0 aromatic rings. The second-order valence-corrected chi connectivity index (χ2v) is 11.3. The van der Waals surface area contributed by atoms with Crippen LogP contribution in [0.4, 0.5) is 4.39 Å². The molecular weight excluding hydrogens is 439 g/mol. The van der Waals surface area contributed by atoms with E-state index in [2.05, 4.69) is 0 Å². The second kappa shape index (κ2) is 8.37. The van der Waals surface area contributed by atoms with Crippen LogP contribution in [0.5, 0.6) is 0 Å². The van der Waals surface area contributed by atoms with E-state index in [1.54, 1.807) is 26.8 Å². The summed E-state index contributed by atoms with van der Waals surface area (Å²) in [6.07, 6.45) is 6.25. The van der Waals surface area contributed by atoms with E-state index >= 15 is 4.39 Å². The summed E-state index contributed by atoms with van der Waals surface area (Å²) in [6, 6.07) is 0. The predicted octanol–water partition coefficient (Wildman–Crippen LogP) is 3.64. The molecule has 4 rings (SSSR count). The van der Waals surface area contributed by atoms with Crippen LogP contribution >= 0.6 is 0 Å². The van der Waals surface area contributed by atoms with Crippen molar-refractivity contribution in [2.75, 3.05) is 6.61 Å². The molecule has 8 atom stereocenters. The lowest BCUT2D eigenvalue weighted by atomic mass is 9.44. The van der Waals surface area contributed by atoms with E-state index in [-0.39, 0.29) is 24.5 Å². The zero-order valence-electron chi connectivity index (χ0n) is 20.6. The summed E-state index contributed by atoms with van der Waals surface area (Å²) in [7, 11) is 0. The number of unbranched alkanes of at least 4 members (excludes halogenated alkanes) is 1. The lowest BCUT2D eigenvalue weighted by Crippen LogP contribution is -2.70. The number of carbonyl (C=O) groups is 3. The second-order valence-electron chi connectivity index (χ2n) is 11.3. The number of Topliss-reactive ketones (excluding diaryl/α,β-unsaturated/α-hetero) is 1. The monoisotopic (exact) mass is 476 g/mol. The van der Waals surface area contributed by atoms with Gasteiger partial charge in [0.25, 0.3) is 0 Å². The number of rotatable bonds is 6. The summed E-state index contributed by atoms with van der Waals surface area (Å²) < 4.78 is 23.7. The van der Waals surface area contributed by atoms with Gasteiger partial charge in [-0.3, -0.25) is 14.4 Å². The highest BCUT2D eigenvalue weighted by molar-refractivity contribution is 6.01. The van der Waals surface area contributed by atoms with Crippen molar-refractivity contribution in [3.8, 4) is 0 Å². The van der Waals surface area contributed by atoms with Gasteiger partial charge in [0.1, 0.15) is 18.3 Å². The molecular formula is C27H37FO6. The topological polar surface area (TPSA) is 101 Å². The molecule has 0 aromatic carbocycles. The number of esters is 1. The molecule has 4 aliphatic carbocycles. The van der Waals surface area contributed by atoms with Crippen LogP contribution in [0.2, 0.25) is 0 Å². The zero-order chi connectivity index (χ0) is 25.1. The summed E-state index contributed by atoms with van der Waals surface area (Å²) >= 11 is 0. The highest BCUT2D eigenvalue weighted by atomic mass is 19.1. The minimum Gasteiger partial charge on any atom is -0.459 e. The summed E-state index contributed by atoms with van der Waals surface area (Å²) in [5, 5.41) is 21.4. The fourth-order valence-corrected chi connectivity index (χ4v) is 7.89. The van der Waals surface area contributed by atoms with E-state index in [4.69, 9.17) is 4.74 Å². The number of aliphatic hydroxyl groups excluding tert-OH is 1. The number of aliphatic hydroxyl groups is 2. The number of ether oxygens (including phenoxy) is 1. The molecule has 0 spiro atoms. The predicted molar refractivity (Wildman–Crippen MR) is 123 cm³/mol. The van der Waals surface area contributed by atoms with Crippen LogP contribution in [0.25, 0.3) is 0 Å². The number of hydrogen-bond donors (Lipinski definition) is 2. The van der Waals surface area contributed by atoms with Crippen molar-refractivity contribution in [3.05, 3.63) is 23.8 Å². The maximum Gasteiger partial charge on any atom is 0.306 e. The van der Waals surface area contributed by atoms with Crippen LogP contribution < -0.4 is 0 Å². The van der Waals surface area contributed by atoms with E-state index in [9.17, 15) is 24.6 Å². The average molecular weight is 477 g/mol. The van der Waals surface area contributed by atoms with Gasteiger partial charge in [0.05, 0.1) is 0 Å². The molecule has 0 aromatic heterocycles. The number of fused-ring (bicyclic) bond motifs is 5. The molecule has 3 fully saturated rings. The number of allylic oxidation sites excluding steroid dienone is 4. The average Bonchev–Trinajstić information content (AvgIpc) is 3.00. The number of hydrogen-bond acceptors (Lipinski definition) is 6. The maximum absolute atomic E-state index is 17.8. The Kier molecular flexibility index (Phi) is 6.21. The van der Waals surface area contributed by atoms with Gasteiger partial charge >= 0.3 is 5.97 Å². The van der Waals surface area contributed by atoms with Crippen molar-refractivity contribution < 1.29 is 33.7 Å². The number of carbonyl (C=O) groups excluding carboxylic acids is 3. The van der Waals surface area contributed by atoms with Crippen molar-refractivity contribution in [1.29, 1.82) is 0 Å². The molecule has 3 saturated carbocycles. The Bertz CT molecular complexity index is 957. The van der Waals surface area contributed by atoms with E-state index < -0.39 is 58.4 Å². The first-order valence-corrected chi connectivity index (χ1v) is 12.6. The zero-order valence-corrected chi connectivity index (χ0v) is 20.6. The lowest BCUT2D eigenvalue weighted by molar-refractivity contribution is -0.230. The van der Waals surface area contributed by atoms with Gasteiger partial charge in [-0.05, 0) is 63.0 Å². The fourth-order valence-electron chi connectivity index (χ4n) is 7.89. The molecule has 0 bridgehead atoms. The van der Waals surface area contributed by atoms with Crippen molar-refractivity contribution in [2.24, 2.45) is 28.6 Å². The van der Waals surface area contributed by atoms with E-state index in [0.29, 0.717) is 31.3 Å². The van der Waals surface area contributed by atoms with Crippen LogP contribution in [-0.4, -0.2) is 51.7 Å². The standard InChI is InChI=1S/C27H37FO6/c1-5-6-7-23(32)34-22-14-25(4)20(12-16(2)27(25,33)21(31)15-29)19-9-8-17-13-18(30)10-11-24(17,3)26(19,22)28/h10-11,13,16,19-20,22,29,33H,5-9,12,14-15H2,1-4H3/t16?,19-,20-,22?,24-,25-,26-,27-/m0/s1. The van der Waals surface area contributed by atoms with Gasteiger partial charge in [0.2, 0.25) is 0 Å². The molecule has 34 heavy (non-hydrogen) atoms. The van der Waals surface area contributed by atoms with Crippen molar-refractivity contribution in [2.45, 2.75) is 90.0 Å². The maximum atomic E-state index is 17.8. The van der Waals surface area contributed by atoms with Gasteiger partial charge in [-0.15, -0.1) is 0 Å². The molecule has 0 aliphatic heterocycles. The normalized spacial score (nSPS) is 45.1. The van der Waals surface area contributed by atoms with Crippen molar-refractivity contribution in [3.63, 3.8) is 0 Å². The molecule has 0 amide bonds. The van der Waals surface area contributed by atoms with Gasteiger partial charge in [0, 0.05) is 23.2 Å². The van der Waals surface area contributed by atoms with Crippen LogP contribution in [0.3, 0.4) is 0 Å². The summed E-state index contributed by atoms with van der Waals surface area (Å²) in [6.45, 7) is 6.48. The molecule has 0 heterocycles. The van der Waals surface area contributed by atoms with Crippen molar-refractivity contribution >= 4 is 17.5 Å². The Labute approximate surface area is 200 Å². The Morgan fingerprint density at radius 1 is 1.26 bits per heavy atom. The summed E-state index contributed by atoms with van der Waals surface area (Å²) in [5.74, 6) is -2.75. The first-order chi connectivity index (χ1) is 15.9. The molecule has 2 N–H and O–H groups in total. The van der Waals surface area contributed by atoms with Crippen LogP contribution in [-0.2, 0) is 19.1 Å². The third kappa shape index (κ3) is 3.15. The lowest BCUT2D eigenvalue weighted by Gasteiger charge is -2.63. The number of halogens is 1. The summed E-state index contributed by atoms with van der Waals surface area (Å²) in [5.41, 5.74) is -5.32. The van der Waals surface area contributed by atoms with Crippen LogP contribution in [0.15, 0.2) is 23.8 Å². The molecule has 0 saturated heterocycles. The van der Waals surface area contributed by atoms with Crippen LogP contribution in [0, 0.1) is 28.6 Å². The fraction of sp³-hybridized carbons (Fsp3) is 0.741. The first kappa shape index (κ1) is 25.2. The highest BCUT2D eigenvalue weighted by Crippen LogP contribution is 2.71. The quantitative estimate of drug-likeness (QED) is 0.568. The molecule has 4 aliphatic rings. The number of ketones is 2. The third-order valence-electron chi connectivity index (χ3n) is 9.78. The van der Waals surface area contributed by atoms with Crippen molar-refractivity contribution in [1.82, 2.24) is 0 Å². The SMILES string of the molecule is CCCCC(=O)OC1C[C@@]2(C)[C@@H](CC(C)[C@]2(O)C(=O)CO)[C@@H]2CCC3=CC(=O)C=C[C@]3(C)[C@@]12F. The summed E-state index contributed by atoms with van der Waals surface area (Å²) in [4.78, 5) is 37.8. The number of alkyl halides is 1. The van der Waals surface area contributed by atoms with Gasteiger partial charge in [0.15, 0.2) is 17.2 Å².